The van der Waals surface area contributed by atoms with Crippen molar-refractivity contribution in [3.8, 4) is 0 Å². The van der Waals surface area contributed by atoms with Crippen LogP contribution < -0.4 is 0 Å². The van der Waals surface area contributed by atoms with Crippen LogP contribution in [0, 0.1) is 20.8 Å². The first-order valence-electron chi connectivity index (χ1n) is 8.85. The first-order valence-corrected chi connectivity index (χ1v) is 9.73. The molecule has 0 bridgehead atoms. The number of hydrogen-bond acceptors (Lipinski definition) is 2. The molecule has 0 aliphatic rings. The molecule has 3 rings (SSSR count). The van der Waals surface area contributed by atoms with Crippen LogP contribution in [0.2, 0.25) is 0 Å². The van der Waals surface area contributed by atoms with Gasteiger partial charge in [-0.3, -0.25) is 0 Å². The highest BCUT2D eigenvalue weighted by Crippen LogP contribution is 2.31. The van der Waals surface area contributed by atoms with Crippen molar-refractivity contribution in [1.29, 1.82) is 0 Å². The Morgan fingerprint density at radius 2 is 1.76 bits per heavy atom. The standard InChI is InChI=1S/C22H26N2S/c1-17-5-8-20(9-6-17)10-11-21(15-24-13-12-23-16-24)25-22-14-18(2)4-7-19(22)3/h4-9,12-14,16,21H,10-11,15H2,1-3H3. The van der Waals surface area contributed by atoms with Crippen LogP contribution in [-0.4, -0.2) is 14.8 Å². The molecule has 25 heavy (non-hydrogen) atoms. The van der Waals surface area contributed by atoms with E-state index in [4.69, 9.17) is 0 Å². The Morgan fingerprint density at radius 3 is 2.48 bits per heavy atom. The number of hydrogen-bond donors (Lipinski definition) is 0. The van der Waals surface area contributed by atoms with Crippen molar-refractivity contribution in [2.45, 2.75) is 50.3 Å². The molecule has 2 aromatic carbocycles. The fourth-order valence-electron chi connectivity index (χ4n) is 2.91. The molecular formula is C22H26N2S. The van der Waals surface area contributed by atoms with Gasteiger partial charge in [0.15, 0.2) is 0 Å². The van der Waals surface area contributed by atoms with Gasteiger partial charge in [-0.1, -0.05) is 47.5 Å². The SMILES string of the molecule is Cc1ccc(CCC(Cn2ccnc2)Sc2cc(C)ccc2C)cc1. The van der Waals surface area contributed by atoms with Gasteiger partial charge in [-0.25, -0.2) is 4.98 Å². The Morgan fingerprint density at radius 1 is 1.00 bits per heavy atom. The highest BCUT2D eigenvalue weighted by atomic mass is 32.2. The first kappa shape index (κ1) is 17.8. The van der Waals surface area contributed by atoms with Crippen LogP contribution in [0.5, 0.6) is 0 Å². The molecule has 0 saturated heterocycles. The lowest BCUT2D eigenvalue weighted by atomic mass is 10.1. The van der Waals surface area contributed by atoms with E-state index in [1.807, 2.05) is 24.3 Å². The lowest BCUT2D eigenvalue weighted by Crippen LogP contribution is -2.13. The minimum atomic E-state index is 0.524. The molecule has 0 spiro atoms. The van der Waals surface area contributed by atoms with Crippen LogP contribution in [0.3, 0.4) is 0 Å². The fourth-order valence-corrected chi connectivity index (χ4v) is 4.26. The van der Waals surface area contributed by atoms with Gasteiger partial charge >= 0.3 is 0 Å². The number of benzene rings is 2. The minimum absolute atomic E-state index is 0.524. The van der Waals surface area contributed by atoms with Gasteiger partial charge in [-0.05, 0) is 50.8 Å². The van der Waals surface area contributed by atoms with E-state index in [0.717, 1.165) is 19.4 Å². The molecule has 2 nitrogen and oxygen atoms in total. The topological polar surface area (TPSA) is 17.8 Å². The van der Waals surface area contributed by atoms with E-state index in [2.05, 4.69) is 79.0 Å². The molecule has 0 aliphatic heterocycles. The summed E-state index contributed by atoms with van der Waals surface area (Å²) in [6, 6.07) is 15.7. The summed E-state index contributed by atoms with van der Waals surface area (Å²) in [5, 5.41) is 0.524. The Bertz CT molecular complexity index is 791. The summed E-state index contributed by atoms with van der Waals surface area (Å²) >= 11 is 2.00. The fraction of sp³-hybridized carbons (Fsp3) is 0.318. The summed E-state index contributed by atoms with van der Waals surface area (Å²) in [5.74, 6) is 0. The Balaban J connectivity index is 1.72. The molecule has 3 heteroatoms. The number of thioether (sulfide) groups is 1. The van der Waals surface area contributed by atoms with Crippen LogP contribution in [-0.2, 0) is 13.0 Å². The third-order valence-electron chi connectivity index (χ3n) is 4.49. The molecule has 0 N–H and O–H groups in total. The quantitative estimate of drug-likeness (QED) is 0.516. The molecule has 3 aromatic rings. The maximum Gasteiger partial charge on any atom is 0.0946 e. The van der Waals surface area contributed by atoms with Gasteiger partial charge < -0.3 is 4.57 Å². The van der Waals surface area contributed by atoms with E-state index in [1.54, 1.807) is 0 Å². The van der Waals surface area contributed by atoms with Crippen LogP contribution in [0.25, 0.3) is 0 Å². The highest BCUT2D eigenvalue weighted by Gasteiger charge is 2.13. The molecule has 1 heterocycles. The summed E-state index contributed by atoms with van der Waals surface area (Å²) in [7, 11) is 0. The predicted octanol–water partition coefficient (Wildman–Crippen LogP) is 5.60. The Hall–Kier alpha value is -2.00. The second-order valence-corrected chi connectivity index (χ2v) is 8.13. The maximum absolute atomic E-state index is 4.20. The summed E-state index contributed by atoms with van der Waals surface area (Å²) in [6.07, 6.45) is 8.10. The monoisotopic (exact) mass is 350 g/mol. The van der Waals surface area contributed by atoms with Crippen LogP contribution in [0.1, 0.15) is 28.7 Å². The lowest BCUT2D eigenvalue weighted by molar-refractivity contribution is 0.624. The van der Waals surface area contributed by atoms with Gasteiger partial charge in [0.1, 0.15) is 0 Å². The van der Waals surface area contributed by atoms with Crippen molar-refractivity contribution in [2.75, 3.05) is 0 Å². The smallest absolute Gasteiger partial charge is 0.0946 e. The van der Waals surface area contributed by atoms with Gasteiger partial charge in [0.25, 0.3) is 0 Å². The van der Waals surface area contributed by atoms with Crippen molar-refractivity contribution in [3.63, 3.8) is 0 Å². The van der Waals surface area contributed by atoms with Crippen molar-refractivity contribution in [3.05, 3.63) is 83.4 Å². The molecule has 0 amide bonds. The molecule has 1 atom stereocenters. The van der Waals surface area contributed by atoms with Crippen molar-refractivity contribution >= 4 is 11.8 Å². The van der Waals surface area contributed by atoms with Gasteiger partial charge in [0.2, 0.25) is 0 Å². The van der Waals surface area contributed by atoms with E-state index in [-0.39, 0.29) is 0 Å². The average molecular weight is 351 g/mol. The summed E-state index contributed by atoms with van der Waals surface area (Å²) in [5.41, 5.74) is 5.43. The van der Waals surface area contributed by atoms with Crippen molar-refractivity contribution in [1.82, 2.24) is 9.55 Å². The van der Waals surface area contributed by atoms with Gasteiger partial charge in [-0.2, -0.15) is 0 Å². The van der Waals surface area contributed by atoms with Crippen LogP contribution in [0.15, 0.2) is 66.1 Å². The zero-order valence-corrected chi connectivity index (χ0v) is 16.1. The summed E-state index contributed by atoms with van der Waals surface area (Å²) < 4.78 is 2.19. The number of rotatable bonds is 7. The molecule has 130 valence electrons. The highest BCUT2D eigenvalue weighted by molar-refractivity contribution is 8.00. The normalized spacial score (nSPS) is 12.3. The van der Waals surface area contributed by atoms with Crippen LogP contribution >= 0.6 is 11.8 Å². The molecule has 0 fully saturated rings. The molecule has 0 radical (unpaired) electrons. The van der Waals surface area contributed by atoms with Gasteiger partial charge in [0, 0.05) is 29.1 Å². The second kappa shape index (κ2) is 8.39. The third-order valence-corrected chi connectivity index (χ3v) is 5.90. The molecular weight excluding hydrogens is 324 g/mol. The number of aryl methyl sites for hydroxylation is 4. The Kier molecular flexibility index (Phi) is 5.98. The van der Waals surface area contributed by atoms with Crippen molar-refractivity contribution < 1.29 is 0 Å². The van der Waals surface area contributed by atoms with E-state index in [9.17, 15) is 0 Å². The number of aromatic nitrogens is 2. The first-order chi connectivity index (χ1) is 12.1. The molecule has 1 unspecified atom stereocenters. The molecule has 1 aromatic heterocycles. The van der Waals surface area contributed by atoms with E-state index in [1.165, 1.54) is 27.1 Å². The molecule has 0 saturated carbocycles. The van der Waals surface area contributed by atoms with E-state index >= 15 is 0 Å². The van der Waals surface area contributed by atoms with E-state index in [0.29, 0.717) is 5.25 Å². The zero-order valence-electron chi connectivity index (χ0n) is 15.3. The van der Waals surface area contributed by atoms with Gasteiger partial charge in [0.05, 0.1) is 6.33 Å². The van der Waals surface area contributed by atoms with E-state index < -0.39 is 0 Å². The average Bonchev–Trinajstić information content (AvgIpc) is 3.10. The number of imidazole rings is 1. The maximum atomic E-state index is 4.20. The molecule has 0 aliphatic carbocycles. The second-order valence-electron chi connectivity index (χ2n) is 6.79. The summed E-state index contributed by atoms with van der Waals surface area (Å²) in [4.78, 5) is 5.59. The van der Waals surface area contributed by atoms with Crippen molar-refractivity contribution in [2.24, 2.45) is 0 Å². The Labute approximate surface area is 155 Å². The minimum Gasteiger partial charge on any atom is -0.336 e. The zero-order chi connectivity index (χ0) is 17.6. The third kappa shape index (κ3) is 5.23. The largest absolute Gasteiger partial charge is 0.336 e. The predicted molar refractivity (Wildman–Crippen MR) is 107 cm³/mol. The number of nitrogens with zero attached hydrogens (tertiary/aromatic N) is 2. The van der Waals surface area contributed by atoms with Gasteiger partial charge in [-0.15, -0.1) is 11.8 Å². The van der Waals surface area contributed by atoms with Crippen LogP contribution in [0.4, 0.5) is 0 Å². The lowest BCUT2D eigenvalue weighted by Gasteiger charge is -2.19. The summed E-state index contributed by atoms with van der Waals surface area (Å²) in [6.45, 7) is 7.50.